The van der Waals surface area contributed by atoms with Gasteiger partial charge in [0.15, 0.2) is 17.3 Å². The molecule has 0 fully saturated rings. The van der Waals surface area contributed by atoms with Gasteiger partial charge >= 0.3 is 0 Å². The molecular weight excluding hydrogens is 434 g/mol. The van der Waals surface area contributed by atoms with Crippen LogP contribution in [-0.2, 0) is 4.79 Å². The standard InChI is InChI=1S/C26H27N3O5/c1-4-31-24-16-20(15-21(17-27)26(30)28-25-14-19(3)34-29-25)8-11-23(24)33-13-5-12-32-22-9-6-18(2)7-10-22/h6-11,14-16H,4-5,12-13H2,1-3H3,(H,28,29,30)/b21-15-. The van der Waals surface area contributed by atoms with E-state index in [9.17, 15) is 10.1 Å². The highest BCUT2D eigenvalue weighted by molar-refractivity contribution is 6.09. The van der Waals surface area contributed by atoms with Crippen molar-refractivity contribution >= 4 is 17.8 Å². The van der Waals surface area contributed by atoms with Crippen molar-refractivity contribution in [3.05, 3.63) is 71.0 Å². The third-order valence-corrected chi connectivity index (χ3v) is 4.65. The second kappa shape index (κ2) is 12.1. The van der Waals surface area contributed by atoms with Gasteiger partial charge in [-0.3, -0.25) is 4.79 Å². The predicted molar refractivity (Wildman–Crippen MR) is 128 cm³/mol. The lowest BCUT2D eigenvalue weighted by Gasteiger charge is -2.13. The molecule has 0 saturated heterocycles. The topological polar surface area (TPSA) is 107 Å². The summed E-state index contributed by atoms with van der Waals surface area (Å²) in [5.41, 5.74) is 1.73. The van der Waals surface area contributed by atoms with Crippen molar-refractivity contribution in [3.63, 3.8) is 0 Å². The Bertz CT molecular complexity index is 1180. The Morgan fingerprint density at radius 3 is 2.50 bits per heavy atom. The third-order valence-electron chi connectivity index (χ3n) is 4.65. The number of hydrogen-bond acceptors (Lipinski definition) is 7. The molecule has 1 N–H and O–H groups in total. The number of nitriles is 1. The van der Waals surface area contributed by atoms with Crippen molar-refractivity contribution in [2.24, 2.45) is 0 Å². The first-order valence-electron chi connectivity index (χ1n) is 10.9. The van der Waals surface area contributed by atoms with Crippen molar-refractivity contribution in [2.75, 3.05) is 25.1 Å². The van der Waals surface area contributed by atoms with Crippen LogP contribution in [0.3, 0.4) is 0 Å². The van der Waals surface area contributed by atoms with Crippen LogP contribution in [0, 0.1) is 25.2 Å². The molecular formula is C26H27N3O5. The van der Waals surface area contributed by atoms with E-state index in [1.54, 1.807) is 31.2 Å². The fourth-order valence-electron chi connectivity index (χ4n) is 2.99. The molecule has 34 heavy (non-hydrogen) atoms. The van der Waals surface area contributed by atoms with E-state index in [-0.39, 0.29) is 11.4 Å². The van der Waals surface area contributed by atoms with Crippen LogP contribution in [0.4, 0.5) is 5.82 Å². The number of amides is 1. The van der Waals surface area contributed by atoms with Gasteiger partial charge < -0.3 is 24.1 Å². The number of benzene rings is 2. The van der Waals surface area contributed by atoms with Crippen LogP contribution in [0.5, 0.6) is 17.2 Å². The minimum absolute atomic E-state index is 0.0787. The van der Waals surface area contributed by atoms with E-state index in [1.807, 2.05) is 44.2 Å². The molecule has 0 unspecified atom stereocenters. The number of carbonyl (C=O) groups is 1. The molecule has 1 heterocycles. The highest BCUT2D eigenvalue weighted by atomic mass is 16.5. The number of anilines is 1. The summed E-state index contributed by atoms with van der Waals surface area (Å²) in [5.74, 6) is 2.15. The van der Waals surface area contributed by atoms with E-state index in [0.29, 0.717) is 49.1 Å². The van der Waals surface area contributed by atoms with Gasteiger partial charge in [-0.05, 0) is 56.7 Å². The Morgan fingerprint density at radius 1 is 1.06 bits per heavy atom. The molecule has 2 aromatic carbocycles. The minimum Gasteiger partial charge on any atom is -0.493 e. The van der Waals surface area contributed by atoms with E-state index < -0.39 is 5.91 Å². The van der Waals surface area contributed by atoms with E-state index in [1.165, 1.54) is 11.6 Å². The summed E-state index contributed by atoms with van der Waals surface area (Å²) in [6.45, 7) is 7.03. The number of aromatic nitrogens is 1. The van der Waals surface area contributed by atoms with Gasteiger partial charge in [0, 0.05) is 12.5 Å². The summed E-state index contributed by atoms with van der Waals surface area (Å²) in [4.78, 5) is 12.4. The molecule has 8 nitrogen and oxygen atoms in total. The Balaban J connectivity index is 1.60. The van der Waals surface area contributed by atoms with Gasteiger partial charge in [0.1, 0.15) is 23.2 Å². The second-order valence-electron chi connectivity index (χ2n) is 7.45. The van der Waals surface area contributed by atoms with Crippen LogP contribution >= 0.6 is 0 Å². The summed E-state index contributed by atoms with van der Waals surface area (Å²) in [5, 5.41) is 15.7. The molecule has 0 radical (unpaired) electrons. The number of aryl methyl sites for hydroxylation is 2. The van der Waals surface area contributed by atoms with Crippen molar-refractivity contribution in [1.82, 2.24) is 5.16 Å². The Labute approximate surface area is 198 Å². The highest BCUT2D eigenvalue weighted by Gasteiger charge is 2.13. The second-order valence-corrected chi connectivity index (χ2v) is 7.45. The van der Waals surface area contributed by atoms with Crippen LogP contribution in [0.25, 0.3) is 6.08 Å². The van der Waals surface area contributed by atoms with Crippen LogP contribution in [-0.4, -0.2) is 30.9 Å². The van der Waals surface area contributed by atoms with Gasteiger partial charge in [-0.15, -0.1) is 0 Å². The summed E-state index contributed by atoms with van der Waals surface area (Å²) in [6, 6.07) is 16.6. The SMILES string of the molecule is CCOc1cc(/C=C(/C#N)C(=O)Nc2cc(C)on2)ccc1OCCCOc1ccc(C)cc1. The van der Waals surface area contributed by atoms with Crippen molar-refractivity contribution in [2.45, 2.75) is 27.2 Å². The Morgan fingerprint density at radius 2 is 1.82 bits per heavy atom. The molecule has 176 valence electrons. The van der Waals surface area contributed by atoms with Crippen molar-refractivity contribution in [3.8, 4) is 23.3 Å². The monoisotopic (exact) mass is 461 g/mol. The van der Waals surface area contributed by atoms with E-state index >= 15 is 0 Å². The quantitative estimate of drug-likeness (QED) is 0.241. The first-order valence-corrected chi connectivity index (χ1v) is 10.9. The molecule has 0 atom stereocenters. The maximum atomic E-state index is 12.4. The van der Waals surface area contributed by atoms with Gasteiger partial charge in [0.25, 0.3) is 5.91 Å². The Hall–Kier alpha value is -4.25. The fraction of sp³-hybridized carbons (Fsp3) is 0.269. The third kappa shape index (κ3) is 7.14. The van der Waals surface area contributed by atoms with Crippen LogP contribution < -0.4 is 19.5 Å². The zero-order valence-corrected chi connectivity index (χ0v) is 19.5. The maximum Gasteiger partial charge on any atom is 0.267 e. The van der Waals surface area contributed by atoms with E-state index in [2.05, 4.69) is 10.5 Å². The minimum atomic E-state index is -0.581. The first-order chi connectivity index (χ1) is 16.5. The number of rotatable bonds is 11. The van der Waals surface area contributed by atoms with Gasteiger partial charge in [0.2, 0.25) is 0 Å². The number of nitrogens with one attached hydrogen (secondary N) is 1. The fourth-order valence-corrected chi connectivity index (χ4v) is 2.99. The van der Waals surface area contributed by atoms with E-state index in [4.69, 9.17) is 18.7 Å². The highest BCUT2D eigenvalue weighted by Crippen LogP contribution is 2.29. The average molecular weight is 462 g/mol. The molecule has 1 amide bonds. The molecule has 0 aliphatic carbocycles. The summed E-state index contributed by atoms with van der Waals surface area (Å²) in [7, 11) is 0. The smallest absolute Gasteiger partial charge is 0.267 e. The predicted octanol–water partition coefficient (Wildman–Crippen LogP) is 5.08. The average Bonchev–Trinajstić information content (AvgIpc) is 3.24. The lowest BCUT2D eigenvalue weighted by atomic mass is 10.1. The molecule has 0 aliphatic rings. The summed E-state index contributed by atoms with van der Waals surface area (Å²) < 4.78 is 22.2. The number of hydrogen-bond donors (Lipinski definition) is 1. The normalized spacial score (nSPS) is 10.9. The molecule has 3 aromatic rings. The van der Waals surface area contributed by atoms with Crippen molar-refractivity contribution in [1.29, 1.82) is 5.26 Å². The molecule has 3 rings (SSSR count). The molecule has 0 saturated carbocycles. The van der Waals surface area contributed by atoms with Crippen LogP contribution in [0.1, 0.15) is 30.2 Å². The van der Waals surface area contributed by atoms with Gasteiger partial charge in [-0.25, -0.2) is 0 Å². The number of carbonyl (C=O) groups excluding carboxylic acids is 1. The summed E-state index contributed by atoms with van der Waals surface area (Å²) in [6.07, 6.45) is 2.17. The van der Waals surface area contributed by atoms with Gasteiger partial charge in [-0.2, -0.15) is 5.26 Å². The lowest BCUT2D eigenvalue weighted by molar-refractivity contribution is -0.112. The van der Waals surface area contributed by atoms with Gasteiger partial charge in [-0.1, -0.05) is 28.9 Å². The lowest BCUT2D eigenvalue weighted by Crippen LogP contribution is -2.13. The summed E-state index contributed by atoms with van der Waals surface area (Å²) >= 11 is 0. The number of nitrogens with zero attached hydrogens (tertiary/aromatic N) is 2. The van der Waals surface area contributed by atoms with Crippen LogP contribution in [0.15, 0.2) is 58.6 Å². The first kappa shape index (κ1) is 24.4. The molecule has 0 bridgehead atoms. The van der Waals surface area contributed by atoms with Crippen LogP contribution in [0.2, 0.25) is 0 Å². The molecule has 0 spiro atoms. The molecule has 0 aliphatic heterocycles. The van der Waals surface area contributed by atoms with Crippen molar-refractivity contribution < 1.29 is 23.5 Å². The zero-order chi connectivity index (χ0) is 24.3. The van der Waals surface area contributed by atoms with Gasteiger partial charge in [0.05, 0.1) is 19.8 Å². The number of ether oxygens (including phenoxy) is 3. The maximum absolute atomic E-state index is 12.4. The van der Waals surface area contributed by atoms with E-state index in [0.717, 1.165) is 5.75 Å². The molecule has 8 heteroatoms. The largest absolute Gasteiger partial charge is 0.493 e. The Kier molecular flexibility index (Phi) is 8.69. The molecule has 1 aromatic heterocycles. The zero-order valence-electron chi connectivity index (χ0n) is 19.5.